The van der Waals surface area contributed by atoms with Crippen LogP contribution in [0.1, 0.15) is 52.9 Å². The van der Waals surface area contributed by atoms with Crippen LogP contribution in [0.4, 0.5) is 0 Å². The molecule has 0 aromatic carbocycles. The number of hydrogen-bond donors (Lipinski definition) is 1. The van der Waals surface area contributed by atoms with Crippen molar-refractivity contribution in [2.45, 2.75) is 64.0 Å². The number of carbonyl (C=O) groups is 2. The molecule has 1 aliphatic heterocycles. The summed E-state index contributed by atoms with van der Waals surface area (Å²) in [5.74, 6) is 0.0633. The first-order valence-corrected chi connectivity index (χ1v) is 7.20. The van der Waals surface area contributed by atoms with Gasteiger partial charge in [0.05, 0.1) is 0 Å². The van der Waals surface area contributed by atoms with Gasteiger partial charge in [0.15, 0.2) is 0 Å². The lowest BCUT2D eigenvalue weighted by Gasteiger charge is -2.51. The molecule has 4 heteroatoms. The minimum atomic E-state index is -0.765. The Hall–Kier alpha value is -1.32. The number of allylic oxidation sites excluding steroid dienone is 1. The minimum absolute atomic E-state index is 0.0292. The molecule has 4 nitrogen and oxygen atoms in total. The van der Waals surface area contributed by atoms with Gasteiger partial charge in [-0.05, 0) is 33.6 Å². The summed E-state index contributed by atoms with van der Waals surface area (Å²) < 4.78 is 0. The lowest BCUT2D eigenvalue weighted by Crippen LogP contribution is -2.74. The fourth-order valence-corrected chi connectivity index (χ4v) is 3.07. The largest absolute Gasteiger partial charge is 0.340 e. The molecule has 1 N–H and O–H groups in total. The number of hydrogen-bond acceptors (Lipinski definition) is 2. The first-order valence-electron chi connectivity index (χ1n) is 7.20. The summed E-state index contributed by atoms with van der Waals surface area (Å²) in [5.41, 5.74) is -1.40. The molecule has 2 fully saturated rings. The summed E-state index contributed by atoms with van der Waals surface area (Å²) in [6.07, 6.45) is 8.61. The number of nitrogens with zero attached hydrogens (tertiary/aromatic N) is 1. The first kappa shape index (κ1) is 14.1. The first-order chi connectivity index (χ1) is 8.94. The second kappa shape index (κ2) is 4.99. The topological polar surface area (TPSA) is 49.4 Å². The maximum atomic E-state index is 12.8. The van der Waals surface area contributed by atoms with E-state index in [2.05, 4.69) is 5.32 Å². The Labute approximate surface area is 115 Å². The monoisotopic (exact) mass is 264 g/mol. The maximum absolute atomic E-state index is 12.8. The zero-order chi connectivity index (χ0) is 14.1. The average Bonchev–Trinajstić information content (AvgIpc) is 2.38. The van der Waals surface area contributed by atoms with Crippen molar-refractivity contribution in [3.05, 3.63) is 12.2 Å². The Balaban J connectivity index is 2.32. The molecule has 0 radical (unpaired) electrons. The van der Waals surface area contributed by atoms with Crippen molar-refractivity contribution in [2.75, 3.05) is 6.54 Å². The molecule has 0 atom stereocenters. The van der Waals surface area contributed by atoms with Crippen molar-refractivity contribution in [1.29, 1.82) is 0 Å². The molecule has 1 heterocycles. The van der Waals surface area contributed by atoms with E-state index in [4.69, 9.17) is 0 Å². The molecule has 2 rings (SSSR count). The Bertz CT molecular complexity index is 406. The third-order valence-corrected chi connectivity index (χ3v) is 4.47. The highest BCUT2D eigenvalue weighted by Gasteiger charge is 2.54. The molecule has 0 aromatic heterocycles. The number of rotatable bonds is 2. The van der Waals surface area contributed by atoms with Crippen LogP contribution in [-0.2, 0) is 9.59 Å². The van der Waals surface area contributed by atoms with Gasteiger partial charge in [0.25, 0.3) is 0 Å². The van der Waals surface area contributed by atoms with Crippen LogP contribution in [0, 0.1) is 0 Å². The predicted molar refractivity (Wildman–Crippen MR) is 74.6 cm³/mol. The highest BCUT2D eigenvalue weighted by atomic mass is 16.2. The fraction of sp³-hybridized carbons (Fsp3) is 0.733. The van der Waals surface area contributed by atoms with Crippen LogP contribution in [0.3, 0.4) is 0 Å². The Morgan fingerprint density at radius 1 is 1.21 bits per heavy atom. The number of amides is 2. The van der Waals surface area contributed by atoms with E-state index in [1.807, 2.05) is 32.9 Å². The van der Waals surface area contributed by atoms with Crippen molar-refractivity contribution in [3.63, 3.8) is 0 Å². The molecule has 1 saturated heterocycles. The van der Waals surface area contributed by atoms with Crippen molar-refractivity contribution < 1.29 is 9.59 Å². The van der Waals surface area contributed by atoms with Gasteiger partial charge in [-0.25, -0.2) is 0 Å². The third kappa shape index (κ3) is 2.28. The Morgan fingerprint density at radius 2 is 1.84 bits per heavy atom. The smallest absolute Gasteiger partial charge is 0.249 e. The second-order valence-corrected chi connectivity index (χ2v) is 6.14. The van der Waals surface area contributed by atoms with Crippen LogP contribution in [-0.4, -0.2) is 34.3 Å². The Morgan fingerprint density at radius 3 is 2.42 bits per heavy atom. The SMILES string of the molecule is C/C=C/CN1C(=O)C2(CCCCC2)NC(=O)C1(C)C. The normalized spacial score (nSPS) is 25.9. The molecule has 1 saturated carbocycles. The van der Waals surface area contributed by atoms with Gasteiger partial charge in [0.2, 0.25) is 11.8 Å². The van der Waals surface area contributed by atoms with Gasteiger partial charge in [0.1, 0.15) is 11.1 Å². The molecule has 19 heavy (non-hydrogen) atoms. The molecule has 2 aliphatic rings. The summed E-state index contributed by atoms with van der Waals surface area (Å²) in [5, 5.41) is 3.02. The van der Waals surface area contributed by atoms with Gasteiger partial charge in [-0.2, -0.15) is 0 Å². The predicted octanol–water partition coefficient (Wildman–Crippen LogP) is 2.00. The van der Waals surface area contributed by atoms with Gasteiger partial charge >= 0.3 is 0 Å². The van der Waals surface area contributed by atoms with Crippen LogP contribution in [0.15, 0.2) is 12.2 Å². The summed E-state index contributed by atoms with van der Waals surface area (Å²) in [6, 6.07) is 0. The lowest BCUT2D eigenvalue weighted by molar-refractivity contribution is -0.161. The molecule has 0 bridgehead atoms. The zero-order valence-electron chi connectivity index (χ0n) is 12.2. The molecule has 106 valence electrons. The van der Waals surface area contributed by atoms with Gasteiger partial charge in [-0.1, -0.05) is 31.4 Å². The summed E-state index contributed by atoms with van der Waals surface area (Å²) in [6.45, 7) is 6.08. The van der Waals surface area contributed by atoms with Crippen molar-refractivity contribution in [1.82, 2.24) is 10.2 Å². The van der Waals surface area contributed by atoms with Crippen LogP contribution < -0.4 is 5.32 Å². The fourth-order valence-electron chi connectivity index (χ4n) is 3.07. The molecule has 0 unspecified atom stereocenters. The molecular weight excluding hydrogens is 240 g/mol. The summed E-state index contributed by atoms with van der Waals surface area (Å²) >= 11 is 0. The van der Waals surface area contributed by atoms with Crippen LogP contribution in [0.5, 0.6) is 0 Å². The zero-order valence-corrected chi connectivity index (χ0v) is 12.2. The molecule has 2 amide bonds. The van der Waals surface area contributed by atoms with E-state index in [1.165, 1.54) is 0 Å². The van der Waals surface area contributed by atoms with Crippen molar-refractivity contribution >= 4 is 11.8 Å². The lowest BCUT2D eigenvalue weighted by atomic mass is 9.76. The molecular formula is C15H24N2O2. The minimum Gasteiger partial charge on any atom is -0.340 e. The van der Waals surface area contributed by atoms with Crippen LogP contribution in [0.25, 0.3) is 0 Å². The number of piperazine rings is 1. The summed E-state index contributed by atoms with van der Waals surface area (Å²) in [4.78, 5) is 27.0. The van der Waals surface area contributed by atoms with Gasteiger partial charge in [-0.3, -0.25) is 9.59 Å². The van der Waals surface area contributed by atoms with E-state index < -0.39 is 11.1 Å². The molecule has 1 spiro atoms. The third-order valence-electron chi connectivity index (χ3n) is 4.47. The van der Waals surface area contributed by atoms with E-state index >= 15 is 0 Å². The van der Waals surface area contributed by atoms with E-state index in [-0.39, 0.29) is 11.8 Å². The standard InChI is InChI=1S/C15H24N2O2/c1-4-5-11-17-13(19)15(9-7-6-8-10-15)16-12(18)14(17,2)3/h4-5H,6-11H2,1-3H3,(H,16,18)/b5-4+. The van der Waals surface area contributed by atoms with E-state index in [9.17, 15) is 9.59 Å². The van der Waals surface area contributed by atoms with Crippen molar-refractivity contribution in [3.8, 4) is 0 Å². The van der Waals surface area contributed by atoms with Crippen molar-refractivity contribution in [2.24, 2.45) is 0 Å². The van der Waals surface area contributed by atoms with E-state index in [1.54, 1.807) is 4.90 Å². The van der Waals surface area contributed by atoms with Crippen LogP contribution in [0.2, 0.25) is 0 Å². The van der Waals surface area contributed by atoms with Gasteiger partial charge < -0.3 is 10.2 Å². The quantitative estimate of drug-likeness (QED) is 0.776. The molecule has 1 aliphatic carbocycles. The average molecular weight is 264 g/mol. The number of carbonyl (C=O) groups excluding carboxylic acids is 2. The van der Waals surface area contributed by atoms with E-state index in [0.717, 1.165) is 32.1 Å². The second-order valence-electron chi connectivity index (χ2n) is 6.14. The highest BCUT2D eigenvalue weighted by molar-refractivity contribution is 6.02. The maximum Gasteiger partial charge on any atom is 0.249 e. The van der Waals surface area contributed by atoms with Crippen LogP contribution >= 0.6 is 0 Å². The van der Waals surface area contributed by atoms with E-state index in [0.29, 0.717) is 6.54 Å². The van der Waals surface area contributed by atoms with Gasteiger partial charge in [-0.15, -0.1) is 0 Å². The van der Waals surface area contributed by atoms with Gasteiger partial charge in [0, 0.05) is 6.54 Å². The Kier molecular flexibility index (Phi) is 3.70. The number of nitrogens with one attached hydrogen (secondary N) is 1. The highest BCUT2D eigenvalue weighted by Crippen LogP contribution is 2.36. The molecule has 0 aromatic rings. The summed E-state index contributed by atoms with van der Waals surface area (Å²) in [7, 11) is 0.